The second-order valence-electron chi connectivity index (χ2n) is 5.26. The van der Waals surface area contributed by atoms with E-state index in [0.29, 0.717) is 6.54 Å². The fraction of sp³-hybridized carbons (Fsp3) is 0.571. The third-order valence-corrected chi connectivity index (χ3v) is 4.17. The fourth-order valence-electron chi connectivity index (χ4n) is 2.00. The van der Waals surface area contributed by atoms with Crippen molar-refractivity contribution in [1.29, 1.82) is 0 Å². The van der Waals surface area contributed by atoms with Crippen LogP contribution in [0.25, 0.3) is 0 Å². The molecule has 106 valence electrons. The van der Waals surface area contributed by atoms with Crippen LogP contribution in [0.15, 0.2) is 17.5 Å². The Morgan fingerprint density at radius 2 is 2.05 bits per heavy atom. The molecule has 3 nitrogen and oxygen atoms in total. The third-order valence-electron chi connectivity index (χ3n) is 3.05. The summed E-state index contributed by atoms with van der Waals surface area (Å²) in [5.74, 6) is -0.224. The number of hydrogen-bond donors (Lipinski definition) is 1. The number of nitrogens with two attached hydrogens (primary N) is 1. The van der Waals surface area contributed by atoms with Crippen LogP contribution < -0.4 is 5.73 Å². The summed E-state index contributed by atoms with van der Waals surface area (Å²) in [7, 11) is 0. The summed E-state index contributed by atoms with van der Waals surface area (Å²) in [6, 6.07) is 4.17. The monoisotopic (exact) mass is 298 g/mol. The van der Waals surface area contributed by atoms with Crippen LogP contribution in [0.2, 0.25) is 0 Å². The summed E-state index contributed by atoms with van der Waals surface area (Å²) < 4.78 is 0. The number of thiocarbonyl (C=S) groups is 1. The van der Waals surface area contributed by atoms with E-state index in [4.69, 9.17) is 18.0 Å². The number of carbonyl (C=O) groups excluding carboxylic acids is 1. The molecule has 0 aliphatic heterocycles. The zero-order valence-electron chi connectivity index (χ0n) is 11.9. The van der Waals surface area contributed by atoms with Gasteiger partial charge >= 0.3 is 0 Å². The van der Waals surface area contributed by atoms with Gasteiger partial charge < -0.3 is 10.6 Å². The van der Waals surface area contributed by atoms with Gasteiger partial charge in [0.25, 0.3) is 0 Å². The molecule has 0 aliphatic carbocycles. The molecule has 0 radical (unpaired) electrons. The Morgan fingerprint density at radius 1 is 1.42 bits per heavy atom. The molecular formula is C14H22N2OS2. The number of carbonyl (C=O) groups is 1. The maximum absolute atomic E-state index is 12.7. The quantitative estimate of drug-likeness (QED) is 0.821. The molecule has 0 aliphatic rings. The van der Waals surface area contributed by atoms with Crippen molar-refractivity contribution in [3.05, 3.63) is 22.4 Å². The van der Waals surface area contributed by atoms with Crippen LogP contribution in [0.3, 0.4) is 0 Å². The highest BCUT2D eigenvalue weighted by atomic mass is 32.1. The Hall–Kier alpha value is -0.940. The Morgan fingerprint density at radius 3 is 2.42 bits per heavy atom. The van der Waals surface area contributed by atoms with Crippen LogP contribution >= 0.6 is 23.6 Å². The third kappa shape index (κ3) is 4.28. The van der Waals surface area contributed by atoms with Gasteiger partial charge in [-0.2, -0.15) is 0 Å². The molecule has 1 aromatic rings. The summed E-state index contributed by atoms with van der Waals surface area (Å²) >= 11 is 6.71. The molecule has 0 bridgehead atoms. The summed E-state index contributed by atoms with van der Waals surface area (Å²) in [5.41, 5.74) is 5.74. The van der Waals surface area contributed by atoms with E-state index in [0.717, 1.165) is 0 Å². The van der Waals surface area contributed by atoms with Crippen LogP contribution in [0.5, 0.6) is 0 Å². The predicted molar refractivity (Wildman–Crippen MR) is 85.1 cm³/mol. The van der Waals surface area contributed by atoms with Crippen molar-refractivity contribution in [2.45, 2.75) is 40.3 Å². The first kappa shape index (κ1) is 16.1. The zero-order valence-corrected chi connectivity index (χ0v) is 13.6. The Bertz CT molecular complexity index is 427. The fourth-order valence-corrected chi connectivity index (χ4v) is 3.08. The molecule has 0 spiro atoms. The second kappa shape index (κ2) is 7.01. The van der Waals surface area contributed by atoms with Crippen molar-refractivity contribution in [3.8, 4) is 0 Å². The summed E-state index contributed by atoms with van der Waals surface area (Å²) in [6.07, 6.45) is 0. The van der Waals surface area contributed by atoms with Crippen LogP contribution in [-0.2, 0) is 11.3 Å². The average molecular weight is 298 g/mol. The van der Waals surface area contributed by atoms with Crippen LogP contribution in [0, 0.1) is 11.8 Å². The van der Waals surface area contributed by atoms with E-state index in [2.05, 4.69) is 0 Å². The zero-order chi connectivity index (χ0) is 14.6. The number of thiophene rings is 1. The van der Waals surface area contributed by atoms with E-state index >= 15 is 0 Å². The molecule has 0 aromatic carbocycles. The van der Waals surface area contributed by atoms with Gasteiger partial charge in [-0.1, -0.05) is 32.1 Å². The Labute approximate surface area is 124 Å². The van der Waals surface area contributed by atoms with Gasteiger partial charge in [-0.05, 0) is 31.2 Å². The van der Waals surface area contributed by atoms with Gasteiger partial charge in [-0.15, -0.1) is 11.3 Å². The first-order valence-electron chi connectivity index (χ1n) is 6.46. The number of amides is 1. The molecule has 0 saturated carbocycles. The smallest absolute Gasteiger partial charge is 0.233 e. The van der Waals surface area contributed by atoms with Crippen molar-refractivity contribution in [2.75, 3.05) is 0 Å². The van der Waals surface area contributed by atoms with Crippen molar-refractivity contribution < 1.29 is 4.79 Å². The highest BCUT2D eigenvalue weighted by Gasteiger charge is 2.30. The molecule has 19 heavy (non-hydrogen) atoms. The van der Waals surface area contributed by atoms with Gasteiger partial charge in [0.15, 0.2) is 0 Å². The molecule has 1 atom stereocenters. The summed E-state index contributed by atoms with van der Waals surface area (Å²) in [6.45, 7) is 8.61. The normalized spacial score (nSPS) is 12.7. The maximum Gasteiger partial charge on any atom is 0.233 e. The molecule has 1 aromatic heterocycles. The van der Waals surface area contributed by atoms with E-state index in [1.54, 1.807) is 11.3 Å². The SMILES string of the molecule is CC(C)C(C(=O)N(Cc1cccs1)C(C)C)C(N)=S. The first-order valence-corrected chi connectivity index (χ1v) is 7.75. The number of hydrogen-bond acceptors (Lipinski definition) is 3. The summed E-state index contributed by atoms with van der Waals surface area (Å²) in [5, 5.41) is 2.02. The van der Waals surface area contributed by atoms with Gasteiger partial charge in [0.1, 0.15) is 0 Å². The Kier molecular flexibility index (Phi) is 5.94. The second-order valence-corrected chi connectivity index (χ2v) is 6.77. The van der Waals surface area contributed by atoms with E-state index in [1.807, 2.05) is 50.1 Å². The summed E-state index contributed by atoms with van der Waals surface area (Å²) in [4.78, 5) is 16.0. The molecule has 1 heterocycles. The minimum absolute atomic E-state index is 0.0332. The van der Waals surface area contributed by atoms with Gasteiger partial charge in [0, 0.05) is 10.9 Å². The van der Waals surface area contributed by atoms with E-state index in [1.165, 1.54) is 4.88 Å². The van der Waals surface area contributed by atoms with Crippen LogP contribution in [0.1, 0.15) is 32.6 Å². The number of rotatable bonds is 6. The number of nitrogens with zero attached hydrogens (tertiary/aromatic N) is 1. The minimum atomic E-state index is -0.377. The van der Waals surface area contributed by atoms with Crippen molar-refractivity contribution in [1.82, 2.24) is 4.90 Å². The lowest BCUT2D eigenvalue weighted by Gasteiger charge is -2.31. The first-order chi connectivity index (χ1) is 8.84. The highest BCUT2D eigenvalue weighted by molar-refractivity contribution is 7.80. The molecular weight excluding hydrogens is 276 g/mol. The minimum Gasteiger partial charge on any atom is -0.393 e. The van der Waals surface area contributed by atoms with Crippen molar-refractivity contribution in [3.63, 3.8) is 0 Å². The molecule has 5 heteroatoms. The molecule has 2 N–H and O–H groups in total. The van der Waals surface area contributed by atoms with Gasteiger partial charge in [-0.25, -0.2) is 0 Å². The van der Waals surface area contributed by atoms with E-state index < -0.39 is 0 Å². The Balaban J connectivity index is 2.92. The highest BCUT2D eigenvalue weighted by Crippen LogP contribution is 2.20. The lowest BCUT2D eigenvalue weighted by atomic mass is 9.93. The van der Waals surface area contributed by atoms with Gasteiger partial charge in [0.05, 0.1) is 17.5 Å². The topological polar surface area (TPSA) is 46.3 Å². The lowest BCUT2D eigenvalue weighted by molar-refractivity contribution is -0.136. The predicted octanol–water partition coefficient (Wildman–Crippen LogP) is 3.04. The van der Waals surface area contributed by atoms with E-state index in [9.17, 15) is 4.79 Å². The lowest BCUT2D eigenvalue weighted by Crippen LogP contribution is -2.46. The van der Waals surface area contributed by atoms with Crippen LogP contribution in [-0.4, -0.2) is 21.8 Å². The molecule has 1 rings (SSSR count). The van der Waals surface area contributed by atoms with Gasteiger partial charge in [0.2, 0.25) is 5.91 Å². The van der Waals surface area contributed by atoms with Crippen molar-refractivity contribution >= 4 is 34.5 Å². The largest absolute Gasteiger partial charge is 0.393 e. The standard InChI is InChI=1S/C14H22N2OS2/c1-9(2)12(13(15)18)14(17)16(10(3)4)8-11-6-5-7-19-11/h5-7,9-10,12H,8H2,1-4H3,(H2,15,18). The maximum atomic E-state index is 12.7. The van der Waals surface area contributed by atoms with Crippen molar-refractivity contribution in [2.24, 2.45) is 17.6 Å². The van der Waals surface area contributed by atoms with Crippen LogP contribution in [0.4, 0.5) is 0 Å². The van der Waals surface area contributed by atoms with Gasteiger partial charge in [-0.3, -0.25) is 4.79 Å². The molecule has 1 amide bonds. The van der Waals surface area contributed by atoms with E-state index in [-0.39, 0.29) is 28.8 Å². The molecule has 1 unspecified atom stereocenters. The molecule has 0 fully saturated rings. The average Bonchev–Trinajstić information content (AvgIpc) is 2.76. The molecule has 0 saturated heterocycles.